The minimum Gasteiger partial charge on any atom is -0.383 e. The van der Waals surface area contributed by atoms with E-state index in [1.807, 2.05) is 32.2 Å². The number of nitrogen functional groups attached to an aromatic ring is 1. The number of nitrogens with zero attached hydrogens (tertiary/aromatic N) is 4. The van der Waals surface area contributed by atoms with Gasteiger partial charge in [0.1, 0.15) is 5.82 Å². The lowest BCUT2D eigenvalue weighted by Gasteiger charge is -2.34. The summed E-state index contributed by atoms with van der Waals surface area (Å²) in [6.07, 6.45) is 8.06. The molecular weight excluding hydrogens is 286 g/mol. The van der Waals surface area contributed by atoms with Crippen LogP contribution in [0.4, 0.5) is 11.8 Å². The van der Waals surface area contributed by atoms with Crippen molar-refractivity contribution in [2.24, 2.45) is 0 Å². The standard InChI is InChI=1S/C18H25N5/c1-13-14(2)21-18(22-17(13)19)23(16-9-4-3-5-10-16)12-15-8-6-7-11-20-15/h6-8,11,16H,3-5,9-10,12H2,1-2H3,(H2,19,21,22). The average Bonchev–Trinajstić information content (AvgIpc) is 2.59. The molecule has 0 unspecified atom stereocenters. The van der Waals surface area contributed by atoms with Crippen LogP contribution in [0.25, 0.3) is 0 Å². The number of rotatable bonds is 4. The lowest BCUT2D eigenvalue weighted by Crippen LogP contribution is -2.38. The SMILES string of the molecule is Cc1nc(N(Cc2ccccn2)C2CCCCC2)nc(N)c1C. The largest absolute Gasteiger partial charge is 0.383 e. The smallest absolute Gasteiger partial charge is 0.228 e. The van der Waals surface area contributed by atoms with Gasteiger partial charge in [-0.1, -0.05) is 25.3 Å². The second-order valence-electron chi connectivity index (χ2n) is 6.36. The molecule has 23 heavy (non-hydrogen) atoms. The van der Waals surface area contributed by atoms with E-state index in [-0.39, 0.29) is 0 Å². The molecule has 3 rings (SSSR count). The molecule has 0 saturated heterocycles. The van der Waals surface area contributed by atoms with E-state index in [2.05, 4.69) is 20.9 Å². The molecule has 0 aliphatic heterocycles. The summed E-state index contributed by atoms with van der Waals surface area (Å²) in [5.74, 6) is 1.32. The van der Waals surface area contributed by atoms with Crippen molar-refractivity contribution in [1.82, 2.24) is 15.0 Å². The van der Waals surface area contributed by atoms with Crippen LogP contribution in [-0.4, -0.2) is 21.0 Å². The molecule has 2 aromatic rings. The minimum absolute atomic E-state index is 0.465. The number of aryl methyl sites for hydroxylation is 1. The lowest BCUT2D eigenvalue weighted by molar-refractivity contribution is 0.407. The molecule has 2 aromatic heterocycles. The molecule has 0 amide bonds. The normalized spacial score (nSPS) is 15.6. The highest BCUT2D eigenvalue weighted by Gasteiger charge is 2.24. The van der Waals surface area contributed by atoms with Crippen molar-refractivity contribution in [3.05, 3.63) is 41.3 Å². The van der Waals surface area contributed by atoms with Crippen molar-refractivity contribution in [2.75, 3.05) is 10.6 Å². The summed E-state index contributed by atoms with van der Waals surface area (Å²) in [7, 11) is 0. The first-order chi connectivity index (χ1) is 11.1. The number of nitrogens with two attached hydrogens (primary N) is 1. The molecular formula is C18H25N5. The maximum absolute atomic E-state index is 6.09. The summed E-state index contributed by atoms with van der Waals surface area (Å²) in [4.78, 5) is 16.1. The number of hydrogen-bond acceptors (Lipinski definition) is 5. The Morgan fingerprint density at radius 1 is 1.13 bits per heavy atom. The number of aromatic nitrogens is 3. The van der Waals surface area contributed by atoms with Crippen LogP contribution in [-0.2, 0) is 6.54 Å². The van der Waals surface area contributed by atoms with Crippen LogP contribution in [0.15, 0.2) is 24.4 Å². The van der Waals surface area contributed by atoms with E-state index < -0.39 is 0 Å². The molecule has 5 nitrogen and oxygen atoms in total. The molecule has 2 heterocycles. The third-order valence-electron chi connectivity index (χ3n) is 4.75. The van der Waals surface area contributed by atoms with E-state index in [4.69, 9.17) is 10.7 Å². The molecule has 0 spiro atoms. The monoisotopic (exact) mass is 311 g/mol. The predicted molar refractivity (Wildman–Crippen MR) is 93.2 cm³/mol. The van der Waals surface area contributed by atoms with Crippen molar-refractivity contribution < 1.29 is 0 Å². The topological polar surface area (TPSA) is 67.9 Å². The van der Waals surface area contributed by atoms with E-state index in [0.29, 0.717) is 11.9 Å². The van der Waals surface area contributed by atoms with Crippen LogP contribution in [0.3, 0.4) is 0 Å². The molecule has 5 heteroatoms. The Morgan fingerprint density at radius 2 is 1.91 bits per heavy atom. The highest BCUT2D eigenvalue weighted by Crippen LogP contribution is 2.28. The second kappa shape index (κ2) is 6.94. The van der Waals surface area contributed by atoms with Gasteiger partial charge < -0.3 is 10.6 Å². The maximum Gasteiger partial charge on any atom is 0.228 e. The number of hydrogen-bond donors (Lipinski definition) is 1. The number of pyridine rings is 1. The van der Waals surface area contributed by atoms with Crippen molar-refractivity contribution in [1.29, 1.82) is 0 Å². The molecule has 122 valence electrons. The van der Waals surface area contributed by atoms with Crippen LogP contribution < -0.4 is 10.6 Å². The van der Waals surface area contributed by atoms with Gasteiger partial charge in [-0.25, -0.2) is 4.98 Å². The molecule has 2 N–H and O–H groups in total. The third kappa shape index (κ3) is 3.60. The van der Waals surface area contributed by atoms with Gasteiger partial charge in [-0.3, -0.25) is 4.98 Å². The van der Waals surface area contributed by atoms with Gasteiger partial charge in [-0.2, -0.15) is 4.98 Å². The van der Waals surface area contributed by atoms with Gasteiger partial charge in [-0.05, 0) is 38.8 Å². The van der Waals surface area contributed by atoms with E-state index in [1.54, 1.807) is 0 Å². The Balaban J connectivity index is 1.94. The molecule has 1 saturated carbocycles. The van der Waals surface area contributed by atoms with Gasteiger partial charge in [0, 0.05) is 23.5 Å². The molecule has 0 aromatic carbocycles. The third-order valence-corrected chi connectivity index (χ3v) is 4.75. The maximum atomic E-state index is 6.09. The first-order valence-corrected chi connectivity index (χ1v) is 8.42. The molecule has 0 radical (unpaired) electrons. The van der Waals surface area contributed by atoms with Gasteiger partial charge in [0.25, 0.3) is 0 Å². The summed E-state index contributed by atoms with van der Waals surface area (Å²) in [6.45, 7) is 4.70. The molecule has 1 fully saturated rings. The lowest BCUT2D eigenvalue weighted by atomic mass is 9.94. The fourth-order valence-corrected chi connectivity index (χ4v) is 3.19. The van der Waals surface area contributed by atoms with Gasteiger partial charge in [0.2, 0.25) is 5.95 Å². The predicted octanol–water partition coefficient (Wildman–Crippen LogP) is 3.41. The minimum atomic E-state index is 0.465. The first-order valence-electron chi connectivity index (χ1n) is 8.42. The van der Waals surface area contributed by atoms with Crippen LogP contribution >= 0.6 is 0 Å². The highest BCUT2D eigenvalue weighted by atomic mass is 15.3. The van der Waals surface area contributed by atoms with E-state index in [1.165, 1.54) is 32.1 Å². The zero-order chi connectivity index (χ0) is 16.2. The first kappa shape index (κ1) is 15.7. The summed E-state index contributed by atoms with van der Waals surface area (Å²) < 4.78 is 0. The van der Waals surface area contributed by atoms with E-state index in [9.17, 15) is 0 Å². The Bertz CT molecular complexity index is 627. The van der Waals surface area contributed by atoms with Crippen LogP contribution in [0.1, 0.15) is 49.1 Å². The Kier molecular flexibility index (Phi) is 4.74. The number of anilines is 2. The average molecular weight is 311 g/mol. The van der Waals surface area contributed by atoms with Crippen LogP contribution in [0.5, 0.6) is 0 Å². The Morgan fingerprint density at radius 3 is 2.57 bits per heavy atom. The quantitative estimate of drug-likeness (QED) is 0.937. The van der Waals surface area contributed by atoms with E-state index in [0.717, 1.165) is 29.4 Å². The summed E-state index contributed by atoms with van der Waals surface area (Å²) in [6, 6.07) is 6.49. The van der Waals surface area contributed by atoms with Crippen molar-refractivity contribution in [3.63, 3.8) is 0 Å². The second-order valence-corrected chi connectivity index (χ2v) is 6.36. The van der Waals surface area contributed by atoms with Crippen LogP contribution in [0.2, 0.25) is 0 Å². The fraction of sp³-hybridized carbons (Fsp3) is 0.500. The van der Waals surface area contributed by atoms with Crippen molar-refractivity contribution >= 4 is 11.8 Å². The van der Waals surface area contributed by atoms with Crippen LogP contribution in [0, 0.1) is 13.8 Å². The molecule has 0 atom stereocenters. The van der Waals surface area contributed by atoms with Gasteiger partial charge >= 0.3 is 0 Å². The highest BCUT2D eigenvalue weighted by molar-refractivity contribution is 5.47. The zero-order valence-corrected chi connectivity index (χ0v) is 14.0. The summed E-state index contributed by atoms with van der Waals surface area (Å²) >= 11 is 0. The van der Waals surface area contributed by atoms with Gasteiger partial charge in [-0.15, -0.1) is 0 Å². The van der Waals surface area contributed by atoms with Gasteiger partial charge in [0.05, 0.1) is 12.2 Å². The fourth-order valence-electron chi connectivity index (χ4n) is 3.19. The molecule has 1 aliphatic carbocycles. The molecule has 1 aliphatic rings. The van der Waals surface area contributed by atoms with Crippen molar-refractivity contribution in [3.8, 4) is 0 Å². The molecule has 0 bridgehead atoms. The van der Waals surface area contributed by atoms with Gasteiger partial charge in [0.15, 0.2) is 0 Å². The summed E-state index contributed by atoms with van der Waals surface area (Å²) in [5.41, 5.74) is 9.05. The zero-order valence-electron chi connectivity index (χ0n) is 14.0. The Hall–Kier alpha value is -2.17. The Labute approximate surface area is 138 Å². The van der Waals surface area contributed by atoms with Crippen molar-refractivity contribution in [2.45, 2.75) is 58.5 Å². The summed E-state index contributed by atoms with van der Waals surface area (Å²) in [5, 5.41) is 0. The van der Waals surface area contributed by atoms with E-state index >= 15 is 0 Å².